The Morgan fingerprint density at radius 1 is 0.826 bits per heavy atom. The molecule has 3 aromatic carbocycles. The predicted octanol–water partition coefficient (Wildman–Crippen LogP) is 4.71. The SMILES string of the molecule is CCN(CC)C(=O)C[C@@H]1NC(=O)c2cc(Oc3cc(C)cc(C)c3)c(N(C)C(=O)c3cc(OC)c(OC)c(OC)c3)cc2NC1=O. The fourth-order valence-electron chi connectivity index (χ4n) is 5.38. The minimum atomic E-state index is -1.10. The van der Waals surface area contributed by atoms with Gasteiger partial charge in [-0.05, 0) is 75.2 Å². The number of aryl methyl sites for hydroxylation is 2. The van der Waals surface area contributed by atoms with Crippen LogP contribution in [-0.2, 0) is 9.59 Å². The molecule has 0 aromatic heterocycles. The Balaban J connectivity index is 1.80. The zero-order chi connectivity index (χ0) is 33.7. The molecule has 0 unspecified atom stereocenters. The third kappa shape index (κ3) is 7.01. The molecule has 12 nitrogen and oxygen atoms in total. The maximum Gasteiger partial charge on any atom is 0.258 e. The van der Waals surface area contributed by atoms with Gasteiger partial charge in [-0.1, -0.05) is 6.07 Å². The van der Waals surface area contributed by atoms with Gasteiger partial charge in [0.1, 0.15) is 11.8 Å². The first-order chi connectivity index (χ1) is 21.9. The highest BCUT2D eigenvalue weighted by Gasteiger charge is 2.33. The topological polar surface area (TPSA) is 136 Å². The van der Waals surface area contributed by atoms with Crippen molar-refractivity contribution in [3.05, 3.63) is 64.7 Å². The maximum atomic E-state index is 14.0. The highest BCUT2D eigenvalue weighted by molar-refractivity contribution is 6.13. The van der Waals surface area contributed by atoms with Crippen molar-refractivity contribution in [3.63, 3.8) is 0 Å². The van der Waals surface area contributed by atoms with Crippen molar-refractivity contribution in [2.75, 3.05) is 51.7 Å². The Morgan fingerprint density at radius 3 is 1.98 bits per heavy atom. The summed E-state index contributed by atoms with van der Waals surface area (Å²) in [6.07, 6.45) is -0.203. The van der Waals surface area contributed by atoms with E-state index in [9.17, 15) is 19.2 Å². The smallest absolute Gasteiger partial charge is 0.258 e. The van der Waals surface area contributed by atoms with Crippen LogP contribution in [0.2, 0.25) is 0 Å². The van der Waals surface area contributed by atoms with E-state index in [0.717, 1.165) is 11.1 Å². The lowest BCUT2D eigenvalue weighted by molar-refractivity contribution is -0.133. The van der Waals surface area contributed by atoms with Crippen LogP contribution in [0.15, 0.2) is 42.5 Å². The summed E-state index contributed by atoms with van der Waals surface area (Å²) in [5.41, 5.74) is 2.68. The molecule has 0 radical (unpaired) electrons. The Bertz CT molecular complexity index is 1620. The van der Waals surface area contributed by atoms with Gasteiger partial charge in [-0.2, -0.15) is 0 Å². The minimum absolute atomic E-state index is 0.114. The van der Waals surface area contributed by atoms with Gasteiger partial charge in [0.2, 0.25) is 17.6 Å². The molecule has 1 heterocycles. The second-order valence-corrected chi connectivity index (χ2v) is 10.9. The monoisotopic (exact) mass is 632 g/mol. The van der Waals surface area contributed by atoms with E-state index in [4.69, 9.17) is 18.9 Å². The molecule has 2 N–H and O–H groups in total. The number of anilines is 2. The second kappa shape index (κ2) is 14.2. The number of methoxy groups -OCH3 is 3. The van der Waals surface area contributed by atoms with E-state index < -0.39 is 23.8 Å². The molecule has 46 heavy (non-hydrogen) atoms. The summed E-state index contributed by atoms with van der Waals surface area (Å²) in [5, 5.41) is 5.46. The van der Waals surface area contributed by atoms with Gasteiger partial charge < -0.3 is 39.4 Å². The molecule has 1 atom stereocenters. The fraction of sp³-hybridized carbons (Fsp3) is 0.353. The number of amides is 4. The molecule has 1 aliphatic rings. The van der Waals surface area contributed by atoms with E-state index in [-0.39, 0.29) is 40.6 Å². The molecule has 0 fully saturated rings. The molecule has 0 bridgehead atoms. The Morgan fingerprint density at radius 2 is 1.43 bits per heavy atom. The number of rotatable bonds is 11. The predicted molar refractivity (Wildman–Crippen MR) is 174 cm³/mol. The third-order valence-corrected chi connectivity index (χ3v) is 7.72. The van der Waals surface area contributed by atoms with Crippen LogP contribution in [-0.4, -0.2) is 76.0 Å². The standard InChI is InChI=1S/C34H40N4O8/c1-9-38(10-2)30(39)18-25-33(41)35-24-17-26(37(5)34(42)21-14-28(43-6)31(45-8)29(15-21)44-7)27(16-23(24)32(40)36-25)46-22-12-19(3)11-20(4)13-22/h11-17,25H,9-10,18H2,1-8H3,(H,35,41)(H,36,40)/t25-/m0/s1. The number of nitrogens with one attached hydrogen (secondary N) is 2. The van der Waals surface area contributed by atoms with Crippen molar-refractivity contribution < 1.29 is 38.1 Å². The Kier molecular flexibility index (Phi) is 10.4. The lowest BCUT2D eigenvalue weighted by Gasteiger charge is -2.23. The van der Waals surface area contributed by atoms with Crippen molar-refractivity contribution >= 4 is 35.0 Å². The zero-order valence-corrected chi connectivity index (χ0v) is 27.4. The number of fused-ring (bicyclic) bond motifs is 1. The number of nitrogens with zero attached hydrogens (tertiary/aromatic N) is 2. The summed E-state index contributed by atoms with van der Waals surface area (Å²) >= 11 is 0. The average Bonchev–Trinajstić information content (AvgIpc) is 3.13. The Labute approximate surface area is 268 Å². The second-order valence-electron chi connectivity index (χ2n) is 10.9. The first kappa shape index (κ1) is 33.6. The average molecular weight is 633 g/mol. The van der Waals surface area contributed by atoms with Crippen molar-refractivity contribution in [1.82, 2.24) is 10.2 Å². The molecule has 4 rings (SSSR count). The van der Waals surface area contributed by atoms with Crippen molar-refractivity contribution in [2.45, 2.75) is 40.2 Å². The largest absolute Gasteiger partial charge is 0.493 e. The third-order valence-electron chi connectivity index (χ3n) is 7.72. The molecule has 12 heteroatoms. The van der Waals surface area contributed by atoms with Crippen LogP contribution >= 0.6 is 0 Å². The number of hydrogen-bond donors (Lipinski definition) is 2. The zero-order valence-electron chi connectivity index (χ0n) is 27.4. The van der Waals surface area contributed by atoms with Gasteiger partial charge in [0.15, 0.2) is 17.2 Å². The summed E-state index contributed by atoms with van der Waals surface area (Å²) in [6, 6.07) is 10.6. The van der Waals surface area contributed by atoms with Gasteiger partial charge in [-0.15, -0.1) is 0 Å². The normalized spacial score (nSPS) is 13.9. The summed E-state index contributed by atoms with van der Waals surface area (Å²) in [4.78, 5) is 56.5. The molecule has 0 spiro atoms. The maximum absolute atomic E-state index is 14.0. The van der Waals surface area contributed by atoms with Crippen molar-refractivity contribution in [3.8, 4) is 28.7 Å². The number of benzene rings is 3. The summed E-state index contributed by atoms with van der Waals surface area (Å²) in [7, 11) is 5.92. The highest BCUT2D eigenvalue weighted by atomic mass is 16.5. The van der Waals surface area contributed by atoms with E-state index in [1.807, 2.05) is 45.9 Å². The van der Waals surface area contributed by atoms with Crippen LogP contribution in [0.5, 0.6) is 28.7 Å². The first-order valence-electron chi connectivity index (χ1n) is 14.9. The van der Waals surface area contributed by atoms with Gasteiger partial charge in [-0.25, -0.2) is 0 Å². The van der Waals surface area contributed by atoms with Crippen LogP contribution < -0.4 is 34.5 Å². The van der Waals surface area contributed by atoms with Crippen LogP contribution in [0.1, 0.15) is 52.1 Å². The molecule has 0 saturated heterocycles. The molecule has 0 aliphatic carbocycles. The van der Waals surface area contributed by atoms with Gasteiger partial charge in [0.05, 0.1) is 44.7 Å². The molecular formula is C34H40N4O8. The number of hydrogen-bond acceptors (Lipinski definition) is 8. The van der Waals surface area contributed by atoms with Gasteiger partial charge in [0, 0.05) is 25.7 Å². The molecule has 0 saturated carbocycles. The van der Waals surface area contributed by atoms with E-state index >= 15 is 0 Å². The number of ether oxygens (including phenoxy) is 4. The molecular weight excluding hydrogens is 592 g/mol. The lowest BCUT2D eigenvalue weighted by Crippen LogP contribution is -2.45. The molecule has 244 valence electrons. The Hall–Kier alpha value is -5.26. The summed E-state index contributed by atoms with van der Waals surface area (Å²) in [5.74, 6) is -0.245. The molecule has 4 amide bonds. The number of carbonyl (C=O) groups is 4. The minimum Gasteiger partial charge on any atom is -0.493 e. The van der Waals surface area contributed by atoms with Crippen LogP contribution in [0, 0.1) is 13.8 Å². The summed E-state index contributed by atoms with van der Waals surface area (Å²) < 4.78 is 22.6. The van der Waals surface area contributed by atoms with Gasteiger partial charge in [-0.3, -0.25) is 19.2 Å². The van der Waals surface area contributed by atoms with Crippen LogP contribution in [0.25, 0.3) is 0 Å². The van der Waals surface area contributed by atoms with Crippen molar-refractivity contribution in [2.24, 2.45) is 0 Å². The molecule has 1 aliphatic heterocycles. The lowest BCUT2D eigenvalue weighted by atomic mass is 10.1. The van der Waals surface area contributed by atoms with Crippen molar-refractivity contribution in [1.29, 1.82) is 0 Å². The van der Waals surface area contributed by atoms with Crippen LogP contribution in [0.4, 0.5) is 11.4 Å². The highest BCUT2D eigenvalue weighted by Crippen LogP contribution is 2.41. The van der Waals surface area contributed by atoms with E-state index in [2.05, 4.69) is 10.6 Å². The van der Waals surface area contributed by atoms with Crippen LogP contribution in [0.3, 0.4) is 0 Å². The van der Waals surface area contributed by atoms with Gasteiger partial charge in [0.25, 0.3) is 11.8 Å². The summed E-state index contributed by atoms with van der Waals surface area (Å²) in [6.45, 7) is 8.51. The quantitative estimate of drug-likeness (QED) is 0.311. The number of carbonyl (C=O) groups excluding carboxylic acids is 4. The van der Waals surface area contributed by atoms with E-state index in [1.165, 1.54) is 50.5 Å². The van der Waals surface area contributed by atoms with Gasteiger partial charge >= 0.3 is 0 Å². The van der Waals surface area contributed by atoms with E-state index in [1.54, 1.807) is 11.9 Å². The first-order valence-corrected chi connectivity index (χ1v) is 14.9. The molecule has 3 aromatic rings. The fourth-order valence-corrected chi connectivity index (χ4v) is 5.38. The van der Waals surface area contributed by atoms with E-state index in [0.29, 0.717) is 36.1 Å².